The minimum Gasteiger partial charge on any atom is -0.356 e. The van der Waals surface area contributed by atoms with Gasteiger partial charge in [0.25, 0.3) is 5.91 Å². The molecule has 22 heavy (non-hydrogen) atoms. The molecule has 5 heteroatoms. The Bertz CT molecular complexity index is 781. The molecule has 2 aromatic rings. The third-order valence-corrected chi connectivity index (χ3v) is 5.30. The molecule has 1 fully saturated rings. The van der Waals surface area contributed by atoms with E-state index < -0.39 is 0 Å². The highest BCUT2D eigenvalue weighted by Crippen LogP contribution is 2.40. The summed E-state index contributed by atoms with van der Waals surface area (Å²) in [5.74, 6) is 0.162. The van der Waals surface area contributed by atoms with Crippen LogP contribution in [0.3, 0.4) is 0 Å². The van der Waals surface area contributed by atoms with E-state index in [9.17, 15) is 4.79 Å². The summed E-state index contributed by atoms with van der Waals surface area (Å²) in [6.07, 6.45) is 1.66. The van der Waals surface area contributed by atoms with E-state index >= 15 is 0 Å². The van der Waals surface area contributed by atoms with Crippen LogP contribution in [0, 0.1) is 0 Å². The summed E-state index contributed by atoms with van der Waals surface area (Å²) >= 11 is 5.58. The summed E-state index contributed by atoms with van der Waals surface area (Å²) in [5, 5.41) is 1.92. The topological polar surface area (TPSA) is 39.3 Å². The Morgan fingerprint density at radius 2 is 2.14 bits per heavy atom. The van der Waals surface area contributed by atoms with Gasteiger partial charge >= 0.3 is 0 Å². The normalized spacial score (nSPS) is 24.1. The van der Waals surface area contributed by atoms with Crippen molar-refractivity contribution < 1.29 is 4.79 Å². The molecular weight excluding hydrogens is 294 g/mol. The highest BCUT2D eigenvalue weighted by molar-refractivity contribution is 7.80. The van der Waals surface area contributed by atoms with Gasteiger partial charge in [-0.05, 0) is 37.2 Å². The molecule has 3 heterocycles. The van der Waals surface area contributed by atoms with Gasteiger partial charge in [-0.1, -0.05) is 25.1 Å². The van der Waals surface area contributed by atoms with Crippen LogP contribution in [0.1, 0.15) is 37.6 Å². The van der Waals surface area contributed by atoms with Gasteiger partial charge in [-0.15, -0.1) is 0 Å². The van der Waals surface area contributed by atoms with Crippen molar-refractivity contribution in [3.8, 4) is 0 Å². The number of hydrogen-bond acceptors (Lipinski definition) is 2. The van der Waals surface area contributed by atoms with Gasteiger partial charge in [-0.3, -0.25) is 9.69 Å². The molecular formula is C17H19N3OS. The van der Waals surface area contributed by atoms with Crippen LogP contribution < -0.4 is 0 Å². The maximum atomic E-state index is 12.7. The summed E-state index contributed by atoms with van der Waals surface area (Å²) in [7, 11) is 0. The predicted octanol–water partition coefficient (Wildman–Crippen LogP) is 2.99. The number of nitrogens with one attached hydrogen (secondary N) is 1. The van der Waals surface area contributed by atoms with E-state index in [1.54, 1.807) is 4.90 Å². The molecule has 2 aliphatic heterocycles. The fourth-order valence-electron chi connectivity index (χ4n) is 3.85. The van der Waals surface area contributed by atoms with Crippen molar-refractivity contribution in [2.45, 2.75) is 38.8 Å². The highest BCUT2D eigenvalue weighted by Gasteiger charge is 2.48. The fraction of sp³-hybridized carbons (Fsp3) is 0.412. The lowest BCUT2D eigenvalue weighted by atomic mass is 9.93. The van der Waals surface area contributed by atoms with Crippen LogP contribution in [0.4, 0.5) is 0 Å². The second-order valence-corrected chi connectivity index (χ2v) is 6.50. The van der Waals surface area contributed by atoms with Crippen molar-refractivity contribution >= 4 is 34.1 Å². The molecule has 4 nitrogen and oxygen atoms in total. The summed E-state index contributed by atoms with van der Waals surface area (Å²) in [6, 6.07) is 8.29. The maximum absolute atomic E-state index is 12.7. The average Bonchev–Trinajstić information content (AvgIpc) is 3.00. The average molecular weight is 313 g/mol. The van der Waals surface area contributed by atoms with E-state index in [1.807, 2.05) is 6.07 Å². The van der Waals surface area contributed by atoms with Gasteiger partial charge in [0.05, 0.1) is 6.04 Å². The molecule has 0 aliphatic carbocycles. The fourth-order valence-corrected chi connectivity index (χ4v) is 4.31. The van der Waals surface area contributed by atoms with E-state index in [-0.39, 0.29) is 18.0 Å². The van der Waals surface area contributed by atoms with Gasteiger partial charge in [-0.25, -0.2) is 0 Å². The first-order chi connectivity index (χ1) is 10.6. The number of aromatic nitrogens is 1. The number of para-hydroxylation sites is 1. The molecule has 0 saturated carbocycles. The first-order valence-electron chi connectivity index (χ1n) is 7.86. The van der Waals surface area contributed by atoms with E-state index in [0.717, 1.165) is 18.4 Å². The van der Waals surface area contributed by atoms with Crippen molar-refractivity contribution in [2.24, 2.45) is 0 Å². The first-order valence-corrected chi connectivity index (χ1v) is 8.27. The Morgan fingerprint density at radius 1 is 1.36 bits per heavy atom. The van der Waals surface area contributed by atoms with Crippen LogP contribution in [-0.2, 0) is 11.2 Å². The molecule has 1 amide bonds. The number of rotatable bonds is 2. The Kier molecular flexibility index (Phi) is 3.01. The number of H-pyrrole nitrogens is 1. The standard InChI is InChI=1S/C17H19N3OS/c1-3-8-19-16(21)14-9-12-11-6-4-5-7-13(11)18-15(12)10(2)20(14)17(19)22/h4-7,10,14,18H,3,8-9H2,1-2H3. The lowest BCUT2D eigenvalue weighted by Crippen LogP contribution is -2.42. The van der Waals surface area contributed by atoms with Crippen molar-refractivity contribution in [1.29, 1.82) is 0 Å². The number of carbonyl (C=O) groups is 1. The van der Waals surface area contributed by atoms with Gasteiger partial charge in [0, 0.05) is 29.6 Å². The largest absolute Gasteiger partial charge is 0.356 e. The van der Waals surface area contributed by atoms with Gasteiger partial charge in [0.2, 0.25) is 0 Å². The summed E-state index contributed by atoms with van der Waals surface area (Å²) in [5.41, 5.74) is 3.62. The smallest absolute Gasteiger partial charge is 0.251 e. The van der Waals surface area contributed by atoms with E-state index in [1.165, 1.54) is 16.6 Å². The molecule has 0 spiro atoms. The van der Waals surface area contributed by atoms with Gasteiger partial charge in [0.1, 0.15) is 6.04 Å². The van der Waals surface area contributed by atoms with E-state index in [2.05, 4.69) is 41.9 Å². The van der Waals surface area contributed by atoms with Gasteiger partial charge < -0.3 is 9.88 Å². The second kappa shape index (κ2) is 4.81. The molecule has 114 valence electrons. The SMILES string of the molecule is CCCN1C(=O)C2Cc3c([nH]c4ccccc34)C(C)N2C1=S. The van der Waals surface area contributed by atoms with Gasteiger partial charge in [0.15, 0.2) is 5.11 Å². The molecule has 2 unspecified atom stereocenters. The minimum absolute atomic E-state index is 0.111. The third kappa shape index (κ3) is 1.69. The number of carbonyl (C=O) groups excluding carboxylic acids is 1. The monoisotopic (exact) mass is 313 g/mol. The van der Waals surface area contributed by atoms with Crippen molar-refractivity contribution in [2.75, 3.05) is 6.54 Å². The molecule has 0 bridgehead atoms. The maximum Gasteiger partial charge on any atom is 0.251 e. The first kappa shape index (κ1) is 13.8. The van der Waals surface area contributed by atoms with Gasteiger partial charge in [-0.2, -0.15) is 0 Å². The molecule has 1 aromatic carbocycles. The van der Waals surface area contributed by atoms with Crippen molar-refractivity contribution in [3.63, 3.8) is 0 Å². The summed E-state index contributed by atoms with van der Waals surface area (Å²) in [4.78, 5) is 20.2. The molecule has 2 atom stereocenters. The Balaban J connectivity index is 1.82. The van der Waals surface area contributed by atoms with Crippen LogP contribution in [0.5, 0.6) is 0 Å². The quantitative estimate of drug-likeness (QED) is 0.866. The number of fused-ring (bicyclic) bond motifs is 4. The molecule has 0 radical (unpaired) electrons. The summed E-state index contributed by atoms with van der Waals surface area (Å²) in [6.45, 7) is 4.92. The molecule has 1 aromatic heterocycles. The molecule has 4 rings (SSSR count). The van der Waals surface area contributed by atoms with Crippen LogP contribution in [0.15, 0.2) is 24.3 Å². The molecule has 1 saturated heterocycles. The van der Waals surface area contributed by atoms with E-state index in [0.29, 0.717) is 11.7 Å². The number of aromatic amines is 1. The second-order valence-electron chi connectivity index (χ2n) is 6.14. The minimum atomic E-state index is -0.138. The predicted molar refractivity (Wildman–Crippen MR) is 90.6 cm³/mol. The zero-order valence-electron chi connectivity index (χ0n) is 12.8. The highest BCUT2D eigenvalue weighted by atomic mass is 32.1. The lowest BCUT2D eigenvalue weighted by Gasteiger charge is -2.35. The van der Waals surface area contributed by atoms with Crippen LogP contribution in [0.25, 0.3) is 10.9 Å². The zero-order valence-corrected chi connectivity index (χ0v) is 13.6. The number of hydrogen-bond donors (Lipinski definition) is 1. The van der Waals surface area contributed by atoms with E-state index in [4.69, 9.17) is 12.2 Å². The molecule has 1 N–H and O–H groups in total. The lowest BCUT2D eigenvalue weighted by molar-refractivity contribution is -0.128. The van der Waals surface area contributed by atoms with Crippen molar-refractivity contribution in [3.05, 3.63) is 35.5 Å². The zero-order chi connectivity index (χ0) is 15.4. The summed E-state index contributed by atoms with van der Waals surface area (Å²) < 4.78 is 0. The number of thiocarbonyl (C=S) groups is 1. The van der Waals surface area contributed by atoms with Crippen LogP contribution >= 0.6 is 12.2 Å². The van der Waals surface area contributed by atoms with Crippen LogP contribution in [0.2, 0.25) is 0 Å². The van der Waals surface area contributed by atoms with Crippen molar-refractivity contribution in [1.82, 2.24) is 14.8 Å². The number of amides is 1. The van der Waals surface area contributed by atoms with Crippen LogP contribution in [-0.4, -0.2) is 38.4 Å². The number of benzene rings is 1. The Hall–Kier alpha value is -1.88. The molecule has 2 aliphatic rings. The Morgan fingerprint density at radius 3 is 2.91 bits per heavy atom. The third-order valence-electron chi connectivity index (χ3n) is 4.87. The number of nitrogens with zero attached hydrogens (tertiary/aromatic N) is 2. The Labute approximate surface area is 135 Å².